The van der Waals surface area contributed by atoms with E-state index in [2.05, 4.69) is 57.2 Å². The maximum absolute atomic E-state index is 3.43. The average molecular weight is 284 g/mol. The van der Waals surface area contributed by atoms with Crippen LogP contribution < -0.4 is 5.32 Å². The summed E-state index contributed by atoms with van der Waals surface area (Å²) < 4.78 is 2.25. The molecule has 1 N–H and O–H groups in total. The molecule has 0 radical (unpaired) electrons. The van der Waals surface area contributed by atoms with Crippen LogP contribution in [0.2, 0.25) is 0 Å². The number of aromatic nitrogens is 1. The van der Waals surface area contributed by atoms with E-state index in [0.717, 1.165) is 25.7 Å². The van der Waals surface area contributed by atoms with Crippen LogP contribution in [-0.4, -0.2) is 59.7 Å². The highest BCUT2D eigenvalue weighted by atomic mass is 15.3. The van der Waals surface area contributed by atoms with Crippen LogP contribution in [0.3, 0.4) is 0 Å². The predicted octanol–water partition coefficient (Wildman–Crippen LogP) is 1.27. The molecule has 4 heteroatoms. The largest absolute Gasteiger partial charge is 0.350 e. The minimum atomic E-state index is 0.780. The monoisotopic (exact) mass is 284 g/mol. The lowest BCUT2D eigenvalue weighted by atomic mass is 10.0. The summed E-state index contributed by atoms with van der Waals surface area (Å²) in [5.74, 6) is 0. The van der Waals surface area contributed by atoms with Crippen LogP contribution in [-0.2, 0) is 13.6 Å². The number of para-hydroxylation sites is 1. The normalized spacial score (nSPS) is 21.8. The molecule has 0 bridgehead atoms. The number of rotatable bonds is 3. The van der Waals surface area contributed by atoms with Crippen molar-refractivity contribution in [3.05, 3.63) is 36.0 Å². The van der Waals surface area contributed by atoms with Crippen molar-refractivity contribution >= 4 is 10.9 Å². The molecule has 0 atom stereocenters. The number of hydrogen-bond donors (Lipinski definition) is 1. The Morgan fingerprint density at radius 3 is 2.71 bits per heavy atom. The fourth-order valence-corrected chi connectivity index (χ4v) is 3.74. The van der Waals surface area contributed by atoms with E-state index >= 15 is 0 Å². The van der Waals surface area contributed by atoms with Crippen LogP contribution in [0.25, 0.3) is 10.9 Å². The first-order valence-electron chi connectivity index (χ1n) is 8.01. The Bertz CT molecular complexity index is 621. The zero-order valence-electron chi connectivity index (χ0n) is 12.8. The predicted molar refractivity (Wildman–Crippen MR) is 86.4 cm³/mol. The van der Waals surface area contributed by atoms with Gasteiger partial charge in [0, 0.05) is 76.0 Å². The van der Waals surface area contributed by atoms with Gasteiger partial charge in [-0.1, -0.05) is 18.2 Å². The topological polar surface area (TPSA) is 23.4 Å². The number of benzene rings is 1. The number of nitrogens with zero attached hydrogens (tertiary/aromatic N) is 3. The van der Waals surface area contributed by atoms with Crippen LogP contribution in [0.4, 0.5) is 0 Å². The molecular weight excluding hydrogens is 260 g/mol. The molecule has 0 spiro atoms. The summed E-state index contributed by atoms with van der Waals surface area (Å²) in [4.78, 5) is 5.23. The van der Waals surface area contributed by atoms with E-state index < -0.39 is 0 Å². The molecule has 4 rings (SSSR count). The van der Waals surface area contributed by atoms with E-state index in [1.807, 2.05) is 0 Å². The third-order valence-corrected chi connectivity index (χ3v) is 4.98. The Morgan fingerprint density at radius 1 is 1.14 bits per heavy atom. The van der Waals surface area contributed by atoms with E-state index in [-0.39, 0.29) is 0 Å². The lowest BCUT2D eigenvalue weighted by molar-refractivity contribution is 0.0225. The molecule has 0 saturated carbocycles. The van der Waals surface area contributed by atoms with Gasteiger partial charge in [-0.25, -0.2) is 0 Å². The minimum Gasteiger partial charge on any atom is -0.350 e. The number of fused-ring (bicyclic) bond motifs is 1. The molecule has 0 unspecified atom stereocenters. The number of piperazine rings is 1. The molecule has 3 heterocycles. The van der Waals surface area contributed by atoms with Crippen LogP contribution in [0, 0.1) is 0 Å². The SMILES string of the molecule is Cn1cc(CN2CC(N3CCNCC3)C2)c2ccccc21. The second-order valence-electron chi connectivity index (χ2n) is 6.42. The molecule has 2 fully saturated rings. The second-order valence-corrected chi connectivity index (χ2v) is 6.42. The van der Waals surface area contributed by atoms with Crippen molar-refractivity contribution in [2.45, 2.75) is 12.6 Å². The smallest absolute Gasteiger partial charge is 0.0481 e. The summed E-state index contributed by atoms with van der Waals surface area (Å²) in [6, 6.07) is 9.50. The maximum atomic E-state index is 3.43. The Balaban J connectivity index is 1.41. The van der Waals surface area contributed by atoms with Gasteiger partial charge in [-0.2, -0.15) is 0 Å². The Hall–Kier alpha value is -1.36. The second kappa shape index (κ2) is 5.44. The molecule has 2 saturated heterocycles. The molecule has 2 aliphatic heterocycles. The van der Waals surface area contributed by atoms with Crippen molar-refractivity contribution < 1.29 is 0 Å². The van der Waals surface area contributed by atoms with E-state index in [0.29, 0.717) is 0 Å². The number of nitrogens with one attached hydrogen (secondary N) is 1. The van der Waals surface area contributed by atoms with Gasteiger partial charge in [0.2, 0.25) is 0 Å². The molecule has 4 nitrogen and oxygen atoms in total. The minimum absolute atomic E-state index is 0.780. The summed E-state index contributed by atoms with van der Waals surface area (Å²) in [5.41, 5.74) is 2.80. The summed E-state index contributed by atoms with van der Waals surface area (Å²) in [7, 11) is 2.14. The molecular formula is C17H24N4. The van der Waals surface area contributed by atoms with Crippen molar-refractivity contribution in [2.75, 3.05) is 39.3 Å². The van der Waals surface area contributed by atoms with Crippen molar-refractivity contribution in [3.63, 3.8) is 0 Å². The van der Waals surface area contributed by atoms with Crippen molar-refractivity contribution in [1.29, 1.82) is 0 Å². The van der Waals surface area contributed by atoms with Gasteiger partial charge in [-0.15, -0.1) is 0 Å². The van der Waals surface area contributed by atoms with Crippen LogP contribution in [0.15, 0.2) is 30.5 Å². The molecule has 112 valence electrons. The molecule has 1 aromatic heterocycles. The Labute approximate surface area is 126 Å². The van der Waals surface area contributed by atoms with Gasteiger partial charge >= 0.3 is 0 Å². The molecule has 2 aromatic rings. The highest BCUT2D eigenvalue weighted by Gasteiger charge is 2.32. The van der Waals surface area contributed by atoms with E-state index in [1.54, 1.807) is 0 Å². The average Bonchev–Trinajstić information content (AvgIpc) is 2.80. The van der Waals surface area contributed by atoms with Gasteiger partial charge in [0.25, 0.3) is 0 Å². The first-order chi connectivity index (χ1) is 10.3. The van der Waals surface area contributed by atoms with Gasteiger partial charge in [0.05, 0.1) is 0 Å². The zero-order chi connectivity index (χ0) is 14.2. The van der Waals surface area contributed by atoms with E-state index in [9.17, 15) is 0 Å². The van der Waals surface area contributed by atoms with Gasteiger partial charge in [0.1, 0.15) is 0 Å². The van der Waals surface area contributed by atoms with Crippen LogP contribution >= 0.6 is 0 Å². The Morgan fingerprint density at radius 2 is 1.90 bits per heavy atom. The molecule has 2 aliphatic rings. The maximum Gasteiger partial charge on any atom is 0.0481 e. The fourth-order valence-electron chi connectivity index (χ4n) is 3.74. The first-order valence-corrected chi connectivity index (χ1v) is 8.01. The summed E-state index contributed by atoms with van der Waals surface area (Å²) in [6.07, 6.45) is 2.29. The third kappa shape index (κ3) is 2.48. The van der Waals surface area contributed by atoms with Crippen LogP contribution in [0.1, 0.15) is 5.56 Å². The number of hydrogen-bond acceptors (Lipinski definition) is 3. The first kappa shape index (κ1) is 13.3. The third-order valence-electron chi connectivity index (χ3n) is 4.98. The summed E-state index contributed by atoms with van der Waals surface area (Å²) in [5, 5.41) is 4.84. The molecule has 1 aromatic carbocycles. The zero-order valence-corrected chi connectivity index (χ0v) is 12.8. The van der Waals surface area contributed by atoms with Crippen molar-refractivity contribution in [1.82, 2.24) is 19.7 Å². The van der Waals surface area contributed by atoms with Gasteiger partial charge in [-0.05, 0) is 11.6 Å². The van der Waals surface area contributed by atoms with E-state index in [4.69, 9.17) is 0 Å². The van der Waals surface area contributed by atoms with Crippen molar-refractivity contribution in [3.8, 4) is 0 Å². The molecule has 21 heavy (non-hydrogen) atoms. The number of likely N-dealkylation sites (tertiary alicyclic amines) is 1. The van der Waals surface area contributed by atoms with E-state index in [1.165, 1.54) is 42.6 Å². The molecule has 0 amide bonds. The van der Waals surface area contributed by atoms with Crippen molar-refractivity contribution in [2.24, 2.45) is 7.05 Å². The number of aryl methyl sites for hydroxylation is 1. The molecule has 0 aliphatic carbocycles. The van der Waals surface area contributed by atoms with Gasteiger partial charge < -0.3 is 9.88 Å². The highest BCUT2D eigenvalue weighted by molar-refractivity contribution is 5.83. The highest BCUT2D eigenvalue weighted by Crippen LogP contribution is 2.24. The van der Waals surface area contributed by atoms with Gasteiger partial charge in [-0.3, -0.25) is 9.80 Å². The van der Waals surface area contributed by atoms with Crippen LogP contribution in [0.5, 0.6) is 0 Å². The lowest BCUT2D eigenvalue weighted by Crippen LogP contribution is -2.62. The van der Waals surface area contributed by atoms with Gasteiger partial charge in [0.15, 0.2) is 0 Å². The fraction of sp³-hybridized carbons (Fsp3) is 0.529. The quantitative estimate of drug-likeness (QED) is 0.918. The standard InChI is InChI=1S/C17H24N4/c1-19-10-14(16-4-2-3-5-17(16)19)11-20-12-15(13-20)21-8-6-18-7-9-21/h2-5,10,15,18H,6-9,11-13H2,1H3. The lowest BCUT2D eigenvalue weighted by Gasteiger charge is -2.46. The summed E-state index contributed by atoms with van der Waals surface area (Å²) >= 11 is 0. The summed E-state index contributed by atoms with van der Waals surface area (Å²) in [6.45, 7) is 8.27. The Kier molecular flexibility index (Phi) is 3.45.